The van der Waals surface area contributed by atoms with Crippen LogP contribution in [0.2, 0.25) is 0 Å². The number of rotatable bonds is 8. The van der Waals surface area contributed by atoms with Crippen LogP contribution >= 0.6 is 0 Å². The lowest BCUT2D eigenvalue weighted by Gasteiger charge is -2.32. The van der Waals surface area contributed by atoms with Crippen LogP contribution in [0.3, 0.4) is 0 Å². The number of hydrogen-bond donors (Lipinski definition) is 0. The Morgan fingerprint density at radius 3 is 2.77 bits per heavy atom. The predicted molar refractivity (Wildman–Crippen MR) is 115 cm³/mol. The topological polar surface area (TPSA) is 47.3 Å². The molecule has 1 saturated heterocycles. The van der Waals surface area contributed by atoms with Gasteiger partial charge in [0.15, 0.2) is 0 Å². The van der Waals surface area contributed by atoms with Gasteiger partial charge in [0, 0.05) is 46.0 Å². The van der Waals surface area contributed by atoms with Crippen molar-refractivity contribution in [1.29, 1.82) is 0 Å². The molecule has 2 aliphatic rings. The van der Waals surface area contributed by atoms with Crippen LogP contribution in [0.1, 0.15) is 35.5 Å². The fraction of sp³-hybridized carbons (Fsp3) is 0.583. The number of hydrogen-bond acceptors (Lipinski definition) is 6. The number of piperidine rings is 1. The van der Waals surface area contributed by atoms with Crippen LogP contribution < -0.4 is 4.74 Å². The normalized spacial score (nSPS) is 20.5. The highest BCUT2D eigenvalue weighted by molar-refractivity contribution is 5.38. The van der Waals surface area contributed by atoms with E-state index in [1.165, 1.54) is 30.5 Å². The van der Waals surface area contributed by atoms with Crippen molar-refractivity contribution in [2.75, 3.05) is 47.1 Å². The maximum atomic E-state index is 6.03. The third-order valence-corrected chi connectivity index (χ3v) is 5.98. The van der Waals surface area contributed by atoms with Gasteiger partial charge in [-0.15, -0.1) is 0 Å². The predicted octanol–water partition coefficient (Wildman–Crippen LogP) is 3.68. The van der Waals surface area contributed by atoms with Gasteiger partial charge in [-0.3, -0.25) is 9.80 Å². The molecule has 0 bridgehead atoms. The Labute approximate surface area is 179 Å². The van der Waals surface area contributed by atoms with Crippen molar-refractivity contribution in [2.45, 2.75) is 39.1 Å². The molecule has 6 heteroatoms. The molecule has 1 aromatic carbocycles. The zero-order valence-corrected chi connectivity index (χ0v) is 18.3. The highest BCUT2D eigenvalue weighted by Gasteiger charge is 2.21. The Balaban J connectivity index is 1.39. The molecule has 1 atom stereocenters. The number of benzene rings is 1. The first kappa shape index (κ1) is 21.4. The molecular weight excluding hydrogens is 380 g/mol. The summed E-state index contributed by atoms with van der Waals surface area (Å²) >= 11 is 0. The van der Waals surface area contributed by atoms with E-state index in [1.807, 2.05) is 12.1 Å². The van der Waals surface area contributed by atoms with Crippen LogP contribution in [0.15, 0.2) is 34.7 Å². The molecule has 3 heterocycles. The summed E-state index contributed by atoms with van der Waals surface area (Å²) < 4.78 is 22.5. The summed E-state index contributed by atoms with van der Waals surface area (Å²) in [5.41, 5.74) is 2.62. The molecule has 4 rings (SSSR count). The monoisotopic (exact) mass is 414 g/mol. The van der Waals surface area contributed by atoms with Gasteiger partial charge >= 0.3 is 0 Å². The van der Waals surface area contributed by atoms with Gasteiger partial charge in [-0.25, -0.2) is 0 Å². The Morgan fingerprint density at radius 2 is 1.90 bits per heavy atom. The fourth-order valence-corrected chi connectivity index (χ4v) is 4.61. The van der Waals surface area contributed by atoms with E-state index in [1.54, 1.807) is 14.2 Å². The Hall–Kier alpha value is -1.86. The van der Waals surface area contributed by atoms with Crippen molar-refractivity contribution in [1.82, 2.24) is 9.80 Å². The zero-order chi connectivity index (χ0) is 20.8. The van der Waals surface area contributed by atoms with Gasteiger partial charge in [0.25, 0.3) is 0 Å². The van der Waals surface area contributed by atoms with Crippen molar-refractivity contribution in [3.8, 4) is 5.75 Å². The van der Waals surface area contributed by atoms with Gasteiger partial charge < -0.3 is 18.6 Å². The van der Waals surface area contributed by atoms with E-state index < -0.39 is 0 Å². The summed E-state index contributed by atoms with van der Waals surface area (Å²) in [7, 11) is 3.49. The first-order valence-electron chi connectivity index (χ1n) is 11.0. The smallest absolute Gasteiger partial charge is 0.129 e. The largest absolute Gasteiger partial charge is 0.492 e. The number of fused-ring (bicyclic) bond motifs is 1. The van der Waals surface area contributed by atoms with Gasteiger partial charge in [-0.1, -0.05) is 6.07 Å². The molecule has 1 fully saturated rings. The fourth-order valence-electron chi connectivity index (χ4n) is 4.61. The van der Waals surface area contributed by atoms with E-state index in [2.05, 4.69) is 28.0 Å². The van der Waals surface area contributed by atoms with Crippen LogP contribution in [0.5, 0.6) is 5.75 Å². The maximum Gasteiger partial charge on any atom is 0.129 e. The van der Waals surface area contributed by atoms with Crippen molar-refractivity contribution in [3.05, 3.63) is 53.0 Å². The van der Waals surface area contributed by atoms with E-state index in [0.717, 1.165) is 56.6 Å². The summed E-state index contributed by atoms with van der Waals surface area (Å²) in [6.07, 6.45) is 2.53. The molecule has 1 aromatic heterocycles. The quantitative estimate of drug-likeness (QED) is 0.657. The van der Waals surface area contributed by atoms with E-state index in [4.69, 9.17) is 18.6 Å². The molecule has 0 saturated carbocycles. The minimum atomic E-state index is 0.511. The van der Waals surface area contributed by atoms with Crippen molar-refractivity contribution in [3.63, 3.8) is 0 Å². The van der Waals surface area contributed by atoms with Crippen LogP contribution in [-0.2, 0) is 35.7 Å². The standard InChI is InChI=1S/C24H34N2O4/c1-27-17-20-4-3-9-25(14-20)13-19-5-8-24-21(12-19)15-26(10-11-29-24)16-22-6-7-23(30-22)18-28-2/h5-8,12,20H,3-4,9-11,13-18H2,1-2H3. The number of methoxy groups -OCH3 is 2. The van der Waals surface area contributed by atoms with Crippen molar-refractivity contribution < 1.29 is 18.6 Å². The maximum absolute atomic E-state index is 6.03. The van der Waals surface area contributed by atoms with E-state index >= 15 is 0 Å². The molecular formula is C24H34N2O4. The molecule has 30 heavy (non-hydrogen) atoms. The van der Waals surface area contributed by atoms with Gasteiger partial charge in [-0.05, 0) is 55.1 Å². The molecule has 1 unspecified atom stereocenters. The van der Waals surface area contributed by atoms with E-state index in [-0.39, 0.29) is 0 Å². The Bertz CT molecular complexity index is 804. The lowest BCUT2D eigenvalue weighted by Crippen LogP contribution is -2.36. The average Bonchev–Trinajstić information content (AvgIpc) is 3.07. The molecule has 2 aromatic rings. The van der Waals surface area contributed by atoms with Crippen LogP contribution in [0.4, 0.5) is 0 Å². The van der Waals surface area contributed by atoms with E-state index in [0.29, 0.717) is 19.1 Å². The van der Waals surface area contributed by atoms with Crippen molar-refractivity contribution in [2.24, 2.45) is 5.92 Å². The summed E-state index contributed by atoms with van der Waals surface area (Å²) in [4.78, 5) is 4.95. The lowest BCUT2D eigenvalue weighted by atomic mass is 9.98. The molecule has 0 N–H and O–H groups in total. The third-order valence-electron chi connectivity index (χ3n) is 5.98. The molecule has 164 valence electrons. The molecule has 6 nitrogen and oxygen atoms in total. The highest BCUT2D eigenvalue weighted by Crippen LogP contribution is 2.27. The first-order valence-corrected chi connectivity index (χ1v) is 11.0. The van der Waals surface area contributed by atoms with Gasteiger partial charge in [-0.2, -0.15) is 0 Å². The second kappa shape index (κ2) is 10.4. The first-order chi connectivity index (χ1) is 14.7. The molecule has 0 amide bonds. The second-order valence-electron chi connectivity index (χ2n) is 8.50. The van der Waals surface area contributed by atoms with E-state index in [9.17, 15) is 0 Å². The summed E-state index contributed by atoms with van der Waals surface area (Å²) in [6, 6.07) is 10.7. The summed E-state index contributed by atoms with van der Waals surface area (Å²) in [6.45, 7) is 7.89. The van der Waals surface area contributed by atoms with Crippen LogP contribution in [-0.4, -0.2) is 56.9 Å². The average molecular weight is 415 g/mol. The Morgan fingerprint density at radius 1 is 1.00 bits per heavy atom. The summed E-state index contributed by atoms with van der Waals surface area (Å²) in [5.74, 6) is 3.50. The Kier molecular flexibility index (Phi) is 7.44. The van der Waals surface area contributed by atoms with Gasteiger partial charge in [0.2, 0.25) is 0 Å². The number of likely N-dealkylation sites (tertiary alicyclic amines) is 1. The zero-order valence-electron chi connectivity index (χ0n) is 18.3. The third kappa shape index (κ3) is 5.64. The molecule has 2 aliphatic heterocycles. The highest BCUT2D eigenvalue weighted by atomic mass is 16.5. The lowest BCUT2D eigenvalue weighted by molar-refractivity contribution is 0.0873. The molecule has 0 radical (unpaired) electrons. The number of ether oxygens (including phenoxy) is 3. The number of furan rings is 1. The van der Waals surface area contributed by atoms with Gasteiger partial charge in [0.05, 0.1) is 13.2 Å². The number of nitrogens with zero attached hydrogens (tertiary/aromatic N) is 2. The molecule has 0 spiro atoms. The second-order valence-corrected chi connectivity index (χ2v) is 8.50. The molecule has 0 aliphatic carbocycles. The minimum Gasteiger partial charge on any atom is -0.492 e. The van der Waals surface area contributed by atoms with Crippen LogP contribution in [0.25, 0.3) is 0 Å². The van der Waals surface area contributed by atoms with Crippen molar-refractivity contribution >= 4 is 0 Å². The summed E-state index contributed by atoms with van der Waals surface area (Å²) in [5, 5.41) is 0. The van der Waals surface area contributed by atoms with Gasteiger partial charge in [0.1, 0.15) is 30.5 Å². The SMILES string of the molecule is COCc1ccc(CN2CCOc3ccc(CN4CCCC(COC)C4)cc3C2)o1. The minimum absolute atomic E-state index is 0.511. The van der Waals surface area contributed by atoms with Crippen LogP contribution in [0, 0.1) is 5.92 Å².